The Kier molecular flexibility index (Phi) is 4.79. The third-order valence-corrected chi connectivity index (χ3v) is 4.71. The maximum atomic E-state index is 12.5. The summed E-state index contributed by atoms with van der Waals surface area (Å²) in [6.07, 6.45) is 5.52. The number of carbonyl (C=O) groups excluding carboxylic acids is 1. The number of rotatable bonds is 6. The van der Waals surface area contributed by atoms with Gasteiger partial charge < -0.3 is 15.2 Å². The first kappa shape index (κ1) is 16.5. The number of fused-ring (bicyclic) bond motifs is 1. The van der Waals surface area contributed by atoms with Gasteiger partial charge >= 0.3 is 0 Å². The van der Waals surface area contributed by atoms with Crippen molar-refractivity contribution in [1.82, 2.24) is 30.4 Å². The van der Waals surface area contributed by atoms with Crippen LogP contribution in [-0.4, -0.2) is 32.2 Å². The van der Waals surface area contributed by atoms with Crippen LogP contribution in [0.5, 0.6) is 0 Å². The maximum absolute atomic E-state index is 12.5. The number of imidazole rings is 1. The van der Waals surface area contributed by atoms with E-state index < -0.39 is 0 Å². The van der Waals surface area contributed by atoms with Gasteiger partial charge in [0.25, 0.3) is 5.91 Å². The Morgan fingerprint density at radius 3 is 3.04 bits per heavy atom. The maximum Gasteiger partial charge on any atom is 0.272 e. The van der Waals surface area contributed by atoms with E-state index in [-0.39, 0.29) is 5.91 Å². The Hall–Kier alpha value is -2.93. The number of nitrogens with zero attached hydrogens (tertiary/aromatic N) is 3. The highest BCUT2D eigenvalue weighted by Crippen LogP contribution is 2.15. The third kappa shape index (κ3) is 3.52. The van der Waals surface area contributed by atoms with Gasteiger partial charge in [0.15, 0.2) is 5.69 Å². The average molecular weight is 350 g/mol. The van der Waals surface area contributed by atoms with E-state index in [1.165, 1.54) is 5.56 Å². The number of hydrogen-bond acceptors (Lipinski definition) is 4. The largest absolute Gasteiger partial charge is 0.343 e. The molecule has 0 unspecified atom stereocenters. The fraction of sp³-hybridized carbons (Fsp3) is 0.316. The molecule has 26 heavy (non-hydrogen) atoms. The molecule has 0 aliphatic carbocycles. The van der Waals surface area contributed by atoms with Crippen LogP contribution in [0.3, 0.4) is 0 Å². The molecule has 3 N–H and O–H groups in total. The number of aromatic nitrogens is 4. The van der Waals surface area contributed by atoms with Crippen molar-refractivity contribution in [3.63, 3.8) is 0 Å². The van der Waals surface area contributed by atoms with Crippen LogP contribution < -0.4 is 10.6 Å². The average Bonchev–Trinajstić information content (AvgIpc) is 3.32. The molecule has 0 saturated carbocycles. The van der Waals surface area contributed by atoms with Gasteiger partial charge in [-0.3, -0.25) is 9.89 Å². The van der Waals surface area contributed by atoms with Crippen LogP contribution in [0.1, 0.15) is 33.1 Å². The summed E-state index contributed by atoms with van der Waals surface area (Å²) >= 11 is 0. The summed E-state index contributed by atoms with van der Waals surface area (Å²) in [7, 11) is 0. The molecule has 3 heterocycles. The van der Waals surface area contributed by atoms with E-state index in [1.807, 2.05) is 24.4 Å². The first-order chi connectivity index (χ1) is 12.8. The zero-order valence-electron chi connectivity index (χ0n) is 14.5. The van der Waals surface area contributed by atoms with Crippen molar-refractivity contribution >= 4 is 5.91 Å². The Morgan fingerprint density at radius 1 is 1.27 bits per heavy atom. The van der Waals surface area contributed by atoms with Crippen LogP contribution in [-0.2, 0) is 32.5 Å². The summed E-state index contributed by atoms with van der Waals surface area (Å²) in [6.45, 7) is 2.81. The number of aryl methyl sites for hydroxylation is 2. The molecule has 134 valence electrons. The van der Waals surface area contributed by atoms with E-state index in [9.17, 15) is 4.79 Å². The minimum atomic E-state index is -0.163. The molecule has 4 rings (SSSR count). The molecule has 1 amide bonds. The number of nitrogens with one attached hydrogen (secondary N) is 3. The Balaban J connectivity index is 1.37. The van der Waals surface area contributed by atoms with Gasteiger partial charge in [0, 0.05) is 49.7 Å². The van der Waals surface area contributed by atoms with Crippen molar-refractivity contribution in [3.8, 4) is 0 Å². The summed E-state index contributed by atoms with van der Waals surface area (Å²) in [5, 5.41) is 13.4. The molecule has 0 saturated heterocycles. The first-order valence-corrected chi connectivity index (χ1v) is 8.90. The second-order valence-electron chi connectivity index (χ2n) is 6.41. The van der Waals surface area contributed by atoms with E-state index in [0.29, 0.717) is 18.8 Å². The van der Waals surface area contributed by atoms with Gasteiger partial charge in [-0.25, -0.2) is 4.98 Å². The minimum Gasteiger partial charge on any atom is -0.343 e. The van der Waals surface area contributed by atoms with Crippen LogP contribution in [0.15, 0.2) is 42.7 Å². The van der Waals surface area contributed by atoms with E-state index in [1.54, 1.807) is 6.20 Å². The number of carbonyl (C=O) groups is 1. The van der Waals surface area contributed by atoms with Crippen molar-refractivity contribution in [3.05, 3.63) is 71.1 Å². The molecule has 0 fully saturated rings. The highest BCUT2D eigenvalue weighted by Gasteiger charge is 2.21. The first-order valence-electron chi connectivity index (χ1n) is 8.90. The fourth-order valence-electron chi connectivity index (χ4n) is 3.26. The Labute approximate surface area is 151 Å². The molecule has 3 aromatic rings. The second-order valence-corrected chi connectivity index (χ2v) is 6.41. The monoisotopic (exact) mass is 350 g/mol. The van der Waals surface area contributed by atoms with E-state index in [4.69, 9.17) is 0 Å². The minimum absolute atomic E-state index is 0.163. The molecule has 1 aliphatic heterocycles. The standard InChI is InChI=1S/C19H22N6O/c26-19(18-15-12-20-8-6-16(15)23-24-18)22-13-17-21-9-11-25(17)10-7-14-4-2-1-3-5-14/h1-5,9,11,20H,6-8,10,12-13H2,(H,22,26)(H,23,24). The molecule has 0 bridgehead atoms. The summed E-state index contributed by atoms with van der Waals surface area (Å²) < 4.78 is 2.08. The molecule has 0 radical (unpaired) electrons. The predicted octanol–water partition coefficient (Wildman–Crippen LogP) is 1.42. The van der Waals surface area contributed by atoms with Gasteiger partial charge in [-0.15, -0.1) is 0 Å². The van der Waals surface area contributed by atoms with Crippen molar-refractivity contribution in [2.45, 2.75) is 32.5 Å². The topological polar surface area (TPSA) is 87.6 Å². The predicted molar refractivity (Wildman–Crippen MR) is 97.5 cm³/mol. The van der Waals surface area contributed by atoms with Gasteiger partial charge in [-0.05, 0) is 12.0 Å². The summed E-state index contributed by atoms with van der Waals surface area (Å²) in [4.78, 5) is 16.9. The summed E-state index contributed by atoms with van der Waals surface area (Å²) in [5.41, 5.74) is 3.79. The van der Waals surface area contributed by atoms with E-state index in [2.05, 4.69) is 42.5 Å². The molecule has 7 nitrogen and oxygen atoms in total. The number of aromatic amines is 1. The Morgan fingerprint density at radius 2 is 2.15 bits per heavy atom. The van der Waals surface area contributed by atoms with Crippen molar-refractivity contribution < 1.29 is 4.79 Å². The van der Waals surface area contributed by atoms with Gasteiger partial charge in [-0.2, -0.15) is 5.10 Å². The lowest BCUT2D eigenvalue weighted by atomic mass is 10.1. The van der Waals surface area contributed by atoms with E-state index in [0.717, 1.165) is 43.0 Å². The lowest BCUT2D eigenvalue weighted by Crippen LogP contribution is -2.29. The smallest absolute Gasteiger partial charge is 0.272 e. The van der Waals surface area contributed by atoms with Crippen LogP contribution in [0.4, 0.5) is 0 Å². The van der Waals surface area contributed by atoms with Crippen LogP contribution >= 0.6 is 0 Å². The second kappa shape index (κ2) is 7.53. The number of benzene rings is 1. The van der Waals surface area contributed by atoms with Gasteiger partial charge in [0.2, 0.25) is 0 Å². The molecular weight excluding hydrogens is 328 g/mol. The molecule has 1 aliphatic rings. The van der Waals surface area contributed by atoms with E-state index >= 15 is 0 Å². The number of amides is 1. The normalized spacial score (nSPS) is 13.4. The van der Waals surface area contributed by atoms with Gasteiger partial charge in [-0.1, -0.05) is 30.3 Å². The van der Waals surface area contributed by atoms with Gasteiger partial charge in [0.1, 0.15) is 5.82 Å². The van der Waals surface area contributed by atoms with Crippen molar-refractivity contribution in [2.24, 2.45) is 0 Å². The zero-order valence-corrected chi connectivity index (χ0v) is 14.5. The number of H-pyrrole nitrogens is 1. The van der Waals surface area contributed by atoms with Crippen molar-refractivity contribution in [1.29, 1.82) is 0 Å². The molecule has 0 atom stereocenters. The molecule has 2 aromatic heterocycles. The fourth-order valence-corrected chi connectivity index (χ4v) is 3.26. The lowest BCUT2D eigenvalue weighted by molar-refractivity contribution is 0.0943. The molecule has 7 heteroatoms. The quantitative estimate of drug-likeness (QED) is 0.627. The molecule has 0 spiro atoms. The molecular formula is C19H22N6O. The van der Waals surface area contributed by atoms with Crippen LogP contribution in [0, 0.1) is 0 Å². The Bertz CT molecular complexity index is 883. The third-order valence-electron chi connectivity index (χ3n) is 4.71. The van der Waals surface area contributed by atoms with Crippen molar-refractivity contribution in [2.75, 3.05) is 6.54 Å². The van der Waals surface area contributed by atoms with Crippen LogP contribution in [0.2, 0.25) is 0 Å². The SMILES string of the molecule is O=C(NCc1nccn1CCc1ccccc1)c1n[nH]c2c1CNCC2. The molecule has 1 aromatic carbocycles. The summed E-state index contributed by atoms with van der Waals surface area (Å²) in [6, 6.07) is 10.3. The number of hydrogen-bond donors (Lipinski definition) is 3. The zero-order chi connectivity index (χ0) is 17.8. The summed E-state index contributed by atoms with van der Waals surface area (Å²) in [5.74, 6) is 0.681. The van der Waals surface area contributed by atoms with Gasteiger partial charge in [0.05, 0.1) is 6.54 Å². The highest BCUT2D eigenvalue weighted by atomic mass is 16.1. The lowest BCUT2D eigenvalue weighted by Gasteiger charge is -2.13. The van der Waals surface area contributed by atoms with Crippen LogP contribution in [0.25, 0.3) is 0 Å². The highest BCUT2D eigenvalue weighted by molar-refractivity contribution is 5.93.